The smallest absolute Gasteiger partial charge is 0.408 e. The summed E-state index contributed by atoms with van der Waals surface area (Å²) in [4.78, 5) is 28.9. The minimum Gasteiger partial charge on any atom is -0.445 e. The minimum atomic E-state index is -0.702. The summed E-state index contributed by atoms with van der Waals surface area (Å²) in [5.74, 6) is 0.0884. The second-order valence-corrected chi connectivity index (χ2v) is 6.28. The minimum absolute atomic E-state index is 0.0512. The second kappa shape index (κ2) is 9.56. The van der Waals surface area contributed by atoms with Crippen LogP contribution in [0, 0.1) is 12.8 Å². The lowest BCUT2D eigenvalue weighted by atomic mass is 9.98. The molecule has 138 valence electrons. The first kappa shape index (κ1) is 19.4. The molecule has 2 N–H and O–H groups in total. The highest BCUT2D eigenvalue weighted by atomic mass is 16.5. The number of amides is 2. The van der Waals surface area contributed by atoms with Crippen LogP contribution >= 0.6 is 0 Å². The van der Waals surface area contributed by atoms with Crippen molar-refractivity contribution in [1.82, 2.24) is 10.3 Å². The average Bonchev–Trinajstić information content (AvgIpc) is 2.66. The molecule has 0 fully saturated rings. The molecule has 0 spiro atoms. The van der Waals surface area contributed by atoms with Gasteiger partial charge in [-0.05, 0) is 30.0 Å². The molecule has 26 heavy (non-hydrogen) atoms. The van der Waals surface area contributed by atoms with Crippen LogP contribution in [0.5, 0.6) is 0 Å². The number of nitrogens with one attached hydrogen (secondary N) is 2. The number of ether oxygens (including phenoxy) is 1. The molecule has 2 aromatic rings. The van der Waals surface area contributed by atoms with E-state index in [1.165, 1.54) is 0 Å². The van der Waals surface area contributed by atoms with Crippen LogP contribution in [0.3, 0.4) is 0 Å². The molecule has 0 radical (unpaired) electrons. The molecule has 1 aromatic heterocycles. The molecule has 1 aromatic carbocycles. The van der Waals surface area contributed by atoms with Gasteiger partial charge in [0.25, 0.3) is 0 Å². The standard InChI is InChI=1S/C20H25N3O3/c1-4-15(3)18(19(24)22-17-11-10-14(2)12-21-17)23-20(25)26-13-16-8-6-5-7-9-16/h5-12,15,18H,4,13H2,1-3H3,(H,23,25)(H,21,22,24)/t15-,18-/m0/s1. The van der Waals surface area contributed by atoms with E-state index in [1.54, 1.807) is 12.3 Å². The Morgan fingerprint density at radius 2 is 1.88 bits per heavy atom. The molecule has 0 bridgehead atoms. The number of nitrogens with zero attached hydrogens (tertiary/aromatic N) is 1. The van der Waals surface area contributed by atoms with Crippen LogP contribution in [0.25, 0.3) is 0 Å². The molecule has 0 saturated heterocycles. The average molecular weight is 355 g/mol. The van der Waals surface area contributed by atoms with Gasteiger partial charge in [0.1, 0.15) is 18.5 Å². The van der Waals surface area contributed by atoms with Gasteiger partial charge in [0.2, 0.25) is 5.91 Å². The topological polar surface area (TPSA) is 80.3 Å². The first-order valence-corrected chi connectivity index (χ1v) is 8.70. The Balaban J connectivity index is 1.96. The quantitative estimate of drug-likeness (QED) is 0.794. The number of aromatic nitrogens is 1. The molecule has 0 saturated carbocycles. The predicted molar refractivity (Wildman–Crippen MR) is 101 cm³/mol. The Morgan fingerprint density at radius 1 is 1.15 bits per heavy atom. The molecule has 0 aliphatic rings. The van der Waals surface area contributed by atoms with Gasteiger partial charge in [-0.1, -0.05) is 56.7 Å². The molecule has 2 rings (SSSR count). The molecule has 2 amide bonds. The number of hydrogen-bond acceptors (Lipinski definition) is 4. The third-order valence-corrected chi connectivity index (χ3v) is 4.14. The van der Waals surface area contributed by atoms with Crippen molar-refractivity contribution >= 4 is 17.8 Å². The van der Waals surface area contributed by atoms with Gasteiger partial charge in [-0.25, -0.2) is 9.78 Å². The van der Waals surface area contributed by atoms with Crippen LogP contribution < -0.4 is 10.6 Å². The van der Waals surface area contributed by atoms with E-state index >= 15 is 0 Å². The first-order valence-electron chi connectivity index (χ1n) is 8.70. The van der Waals surface area contributed by atoms with E-state index < -0.39 is 12.1 Å². The van der Waals surface area contributed by atoms with Gasteiger partial charge in [-0.2, -0.15) is 0 Å². The van der Waals surface area contributed by atoms with E-state index in [-0.39, 0.29) is 18.4 Å². The fourth-order valence-electron chi connectivity index (χ4n) is 2.34. The number of benzene rings is 1. The molecular formula is C20H25N3O3. The van der Waals surface area contributed by atoms with Crippen molar-refractivity contribution in [2.24, 2.45) is 5.92 Å². The van der Waals surface area contributed by atoms with Crippen molar-refractivity contribution in [2.75, 3.05) is 5.32 Å². The summed E-state index contributed by atoms with van der Waals surface area (Å²) in [6.45, 7) is 5.95. The first-order chi connectivity index (χ1) is 12.5. The van der Waals surface area contributed by atoms with E-state index in [1.807, 2.05) is 57.2 Å². The molecule has 1 heterocycles. The van der Waals surface area contributed by atoms with Crippen LogP contribution in [-0.4, -0.2) is 23.0 Å². The molecule has 0 unspecified atom stereocenters. The van der Waals surface area contributed by atoms with Gasteiger partial charge in [0, 0.05) is 6.20 Å². The number of pyridine rings is 1. The number of anilines is 1. The zero-order valence-electron chi connectivity index (χ0n) is 15.4. The zero-order valence-corrected chi connectivity index (χ0v) is 15.4. The highest BCUT2D eigenvalue weighted by Gasteiger charge is 2.26. The van der Waals surface area contributed by atoms with Gasteiger partial charge in [-0.3, -0.25) is 4.79 Å². The lowest BCUT2D eigenvalue weighted by Crippen LogP contribution is -2.47. The number of hydrogen-bond donors (Lipinski definition) is 2. The summed E-state index contributed by atoms with van der Waals surface area (Å²) in [6, 6.07) is 12.3. The number of alkyl carbamates (subject to hydrolysis) is 1. The third-order valence-electron chi connectivity index (χ3n) is 4.14. The fourth-order valence-corrected chi connectivity index (χ4v) is 2.34. The molecular weight excluding hydrogens is 330 g/mol. The van der Waals surface area contributed by atoms with Gasteiger partial charge in [0.05, 0.1) is 0 Å². The molecule has 6 heteroatoms. The van der Waals surface area contributed by atoms with Crippen LogP contribution in [0.2, 0.25) is 0 Å². The predicted octanol–water partition coefficient (Wildman–Crippen LogP) is 3.67. The highest BCUT2D eigenvalue weighted by Crippen LogP contribution is 2.12. The SMILES string of the molecule is CC[C@H](C)[C@H](NC(=O)OCc1ccccc1)C(=O)Nc1ccc(C)cn1. The molecule has 6 nitrogen and oxygen atoms in total. The highest BCUT2D eigenvalue weighted by molar-refractivity contribution is 5.96. The third kappa shape index (κ3) is 5.88. The number of carbonyl (C=O) groups is 2. The number of rotatable bonds is 7. The van der Waals surface area contributed by atoms with E-state index in [9.17, 15) is 9.59 Å². The van der Waals surface area contributed by atoms with Gasteiger partial charge in [-0.15, -0.1) is 0 Å². The lowest BCUT2D eigenvalue weighted by Gasteiger charge is -2.23. The summed E-state index contributed by atoms with van der Waals surface area (Å²) < 4.78 is 5.22. The van der Waals surface area contributed by atoms with Crippen molar-refractivity contribution < 1.29 is 14.3 Å². The van der Waals surface area contributed by atoms with Gasteiger partial charge in [0.15, 0.2) is 0 Å². The maximum atomic E-state index is 12.6. The van der Waals surface area contributed by atoms with Crippen molar-refractivity contribution in [3.8, 4) is 0 Å². The maximum Gasteiger partial charge on any atom is 0.408 e. The van der Waals surface area contributed by atoms with Crippen LogP contribution in [0.4, 0.5) is 10.6 Å². The Bertz CT molecular complexity index is 717. The normalized spacial score (nSPS) is 12.7. The largest absolute Gasteiger partial charge is 0.445 e. The van der Waals surface area contributed by atoms with Crippen LogP contribution in [0.15, 0.2) is 48.7 Å². The summed E-state index contributed by atoms with van der Waals surface area (Å²) >= 11 is 0. The maximum absolute atomic E-state index is 12.6. The van der Waals surface area contributed by atoms with Crippen molar-refractivity contribution in [3.63, 3.8) is 0 Å². The molecule has 2 atom stereocenters. The number of aryl methyl sites for hydroxylation is 1. The second-order valence-electron chi connectivity index (χ2n) is 6.28. The van der Waals surface area contributed by atoms with Crippen molar-refractivity contribution in [2.45, 2.75) is 39.8 Å². The van der Waals surface area contributed by atoms with Crippen LogP contribution in [0.1, 0.15) is 31.4 Å². The zero-order chi connectivity index (χ0) is 18.9. The van der Waals surface area contributed by atoms with Crippen molar-refractivity contribution in [1.29, 1.82) is 0 Å². The van der Waals surface area contributed by atoms with Crippen LogP contribution in [-0.2, 0) is 16.1 Å². The fraction of sp³-hybridized carbons (Fsp3) is 0.350. The van der Waals surface area contributed by atoms with Gasteiger partial charge >= 0.3 is 6.09 Å². The Morgan fingerprint density at radius 3 is 2.50 bits per heavy atom. The monoisotopic (exact) mass is 355 g/mol. The Hall–Kier alpha value is -2.89. The van der Waals surface area contributed by atoms with E-state index in [4.69, 9.17) is 4.74 Å². The Kier molecular flexibility index (Phi) is 7.14. The Labute approximate surface area is 154 Å². The van der Waals surface area contributed by atoms with E-state index in [0.29, 0.717) is 5.82 Å². The molecule has 0 aliphatic heterocycles. The van der Waals surface area contributed by atoms with Crippen molar-refractivity contribution in [3.05, 3.63) is 59.8 Å². The summed E-state index contributed by atoms with van der Waals surface area (Å²) in [6.07, 6.45) is 1.79. The molecule has 0 aliphatic carbocycles. The van der Waals surface area contributed by atoms with Gasteiger partial charge < -0.3 is 15.4 Å². The summed E-state index contributed by atoms with van der Waals surface area (Å²) in [5, 5.41) is 5.41. The lowest BCUT2D eigenvalue weighted by molar-refractivity contribution is -0.119. The summed E-state index contributed by atoms with van der Waals surface area (Å²) in [5.41, 5.74) is 1.89. The van der Waals surface area contributed by atoms with E-state index in [0.717, 1.165) is 17.5 Å². The summed E-state index contributed by atoms with van der Waals surface area (Å²) in [7, 11) is 0. The van der Waals surface area contributed by atoms with E-state index in [2.05, 4.69) is 15.6 Å². The number of carbonyl (C=O) groups excluding carboxylic acids is 2.